The number of ether oxygens (including phenoxy) is 2. The molecule has 1 atom stereocenters. The first kappa shape index (κ1) is 24.1. The van der Waals surface area contributed by atoms with Gasteiger partial charge in [0.1, 0.15) is 17.3 Å². The molecule has 0 aliphatic carbocycles. The predicted octanol–water partition coefficient (Wildman–Crippen LogP) is 2.16. The van der Waals surface area contributed by atoms with E-state index >= 15 is 0 Å². The van der Waals surface area contributed by atoms with Crippen LogP contribution in [0.1, 0.15) is 12.2 Å². The molecule has 0 spiro atoms. The molecule has 12 heteroatoms. The Hall–Kier alpha value is -4.06. The van der Waals surface area contributed by atoms with Crippen molar-refractivity contribution in [3.8, 4) is 17.2 Å². The fourth-order valence-electron chi connectivity index (χ4n) is 3.62. The van der Waals surface area contributed by atoms with Crippen LogP contribution in [0.4, 0.5) is 10.5 Å². The van der Waals surface area contributed by atoms with Crippen molar-refractivity contribution < 1.29 is 23.9 Å². The fraction of sp³-hybridized carbons (Fsp3) is 0.261. The molecule has 0 bridgehead atoms. The van der Waals surface area contributed by atoms with Gasteiger partial charge in [-0.15, -0.1) is 10.2 Å². The fourth-order valence-corrected chi connectivity index (χ4v) is 4.39. The zero-order valence-corrected chi connectivity index (χ0v) is 19.9. The third kappa shape index (κ3) is 5.90. The number of methoxy groups -OCH3 is 2. The van der Waals surface area contributed by atoms with Gasteiger partial charge in [-0.1, -0.05) is 30.0 Å². The SMILES string of the molecule is COc1cccc(-n2c(CC3CC(=O)NC(=O)N3)nnc2SCC(=O)Nc2ccccc2OC)c1. The van der Waals surface area contributed by atoms with Crippen LogP contribution >= 0.6 is 11.8 Å². The highest BCUT2D eigenvalue weighted by Gasteiger charge is 2.27. The second-order valence-corrected chi connectivity index (χ2v) is 8.54. The van der Waals surface area contributed by atoms with Gasteiger partial charge in [-0.3, -0.25) is 19.5 Å². The van der Waals surface area contributed by atoms with Gasteiger partial charge in [0.05, 0.1) is 31.3 Å². The summed E-state index contributed by atoms with van der Waals surface area (Å²) in [7, 11) is 3.11. The number of carbonyl (C=O) groups is 3. The molecule has 4 amide bonds. The summed E-state index contributed by atoms with van der Waals surface area (Å²) in [6.07, 6.45) is 0.401. The van der Waals surface area contributed by atoms with E-state index in [1.807, 2.05) is 30.3 Å². The van der Waals surface area contributed by atoms with Crippen LogP contribution in [0, 0.1) is 0 Å². The number of anilines is 1. The van der Waals surface area contributed by atoms with Gasteiger partial charge in [0.2, 0.25) is 11.8 Å². The molecule has 1 aliphatic rings. The lowest BCUT2D eigenvalue weighted by Gasteiger charge is -2.23. The summed E-state index contributed by atoms with van der Waals surface area (Å²) in [5.74, 6) is 1.21. The lowest BCUT2D eigenvalue weighted by Crippen LogP contribution is -2.53. The zero-order valence-electron chi connectivity index (χ0n) is 19.1. The lowest BCUT2D eigenvalue weighted by molar-refractivity contribution is -0.121. The summed E-state index contributed by atoms with van der Waals surface area (Å²) in [6.45, 7) is 0. The summed E-state index contributed by atoms with van der Waals surface area (Å²) >= 11 is 1.21. The molecule has 1 aromatic heterocycles. The molecular weight excluding hydrogens is 472 g/mol. The van der Waals surface area contributed by atoms with Crippen molar-refractivity contribution in [3.05, 3.63) is 54.4 Å². The van der Waals surface area contributed by atoms with Crippen LogP contribution in [0.15, 0.2) is 53.7 Å². The van der Waals surface area contributed by atoms with E-state index in [0.29, 0.717) is 28.2 Å². The molecule has 1 fully saturated rings. The van der Waals surface area contributed by atoms with E-state index in [1.165, 1.54) is 18.9 Å². The smallest absolute Gasteiger partial charge is 0.321 e. The van der Waals surface area contributed by atoms with Crippen LogP contribution in [-0.2, 0) is 16.0 Å². The molecule has 182 valence electrons. The van der Waals surface area contributed by atoms with Crippen LogP contribution < -0.4 is 25.4 Å². The highest BCUT2D eigenvalue weighted by molar-refractivity contribution is 7.99. The van der Waals surface area contributed by atoms with Gasteiger partial charge in [0, 0.05) is 24.9 Å². The molecule has 0 radical (unpaired) electrons. The third-order valence-corrected chi connectivity index (χ3v) is 6.10. The average Bonchev–Trinajstić information content (AvgIpc) is 3.24. The summed E-state index contributed by atoms with van der Waals surface area (Å²) < 4.78 is 12.4. The molecule has 11 nitrogen and oxygen atoms in total. The largest absolute Gasteiger partial charge is 0.497 e. The van der Waals surface area contributed by atoms with Crippen LogP contribution in [-0.4, -0.2) is 58.6 Å². The minimum absolute atomic E-state index is 0.0721. The Morgan fingerprint density at radius 2 is 1.97 bits per heavy atom. The van der Waals surface area contributed by atoms with E-state index in [-0.39, 0.29) is 30.4 Å². The minimum Gasteiger partial charge on any atom is -0.497 e. The van der Waals surface area contributed by atoms with Gasteiger partial charge >= 0.3 is 6.03 Å². The number of thioether (sulfide) groups is 1. The second kappa shape index (κ2) is 10.9. The highest BCUT2D eigenvalue weighted by Crippen LogP contribution is 2.27. The van der Waals surface area contributed by atoms with Gasteiger partial charge in [0.25, 0.3) is 0 Å². The lowest BCUT2D eigenvalue weighted by atomic mass is 10.1. The van der Waals surface area contributed by atoms with Crippen molar-refractivity contribution in [3.63, 3.8) is 0 Å². The predicted molar refractivity (Wildman–Crippen MR) is 129 cm³/mol. The third-order valence-electron chi connectivity index (χ3n) is 5.17. The summed E-state index contributed by atoms with van der Waals surface area (Å²) in [5.41, 5.74) is 1.30. The average molecular weight is 497 g/mol. The number of nitrogens with one attached hydrogen (secondary N) is 3. The van der Waals surface area contributed by atoms with E-state index in [9.17, 15) is 14.4 Å². The number of aromatic nitrogens is 3. The van der Waals surface area contributed by atoms with E-state index in [2.05, 4.69) is 26.1 Å². The van der Waals surface area contributed by atoms with Gasteiger partial charge in [0.15, 0.2) is 5.16 Å². The Morgan fingerprint density at radius 3 is 2.74 bits per heavy atom. The van der Waals surface area contributed by atoms with Crippen LogP contribution in [0.3, 0.4) is 0 Å². The Bertz CT molecular complexity index is 1230. The van der Waals surface area contributed by atoms with Crippen molar-refractivity contribution in [2.45, 2.75) is 24.0 Å². The Labute approximate surface area is 205 Å². The second-order valence-electron chi connectivity index (χ2n) is 7.60. The molecule has 3 N–H and O–H groups in total. The maximum Gasteiger partial charge on any atom is 0.321 e. The number of para-hydroxylation sites is 2. The van der Waals surface area contributed by atoms with Gasteiger partial charge in [-0.05, 0) is 24.3 Å². The van der Waals surface area contributed by atoms with Crippen LogP contribution in [0.2, 0.25) is 0 Å². The van der Waals surface area contributed by atoms with E-state index in [0.717, 1.165) is 5.69 Å². The quantitative estimate of drug-likeness (QED) is 0.384. The van der Waals surface area contributed by atoms with E-state index < -0.39 is 12.1 Å². The van der Waals surface area contributed by atoms with Gasteiger partial charge in [-0.2, -0.15) is 0 Å². The van der Waals surface area contributed by atoms with Crippen molar-refractivity contribution in [2.24, 2.45) is 0 Å². The van der Waals surface area contributed by atoms with Gasteiger partial charge < -0.3 is 20.1 Å². The Morgan fingerprint density at radius 1 is 1.14 bits per heavy atom. The van der Waals surface area contributed by atoms with Crippen LogP contribution in [0.5, 0.6) is 11.5 Å². The normalized spacial score (nSPS) is 15.2. The van der Waals surface area contributed by atoms with Crippen molar-refractivity contribution in [2.75, 3.05) is 25.3 Å². The number of benzene rings is 2. The molecule has 35 heavy (non-hydrogen) atoms. The highest BCUT2D eigenvalue weighted by atomic mass is 32.2. The first-order chi connectivity index (χ1) is 17.0. The number of imide groups is 1. The first-order valence-electron chi connectivity index (χ1n) is 10.7. The topological polar surface area (TPSA) is 136 Å². The molecular formula is C23H24N6O5S. The zero-order chi connectivity index (χ0) is 24.8. The maximum absolute atomic E-state index is 12.6. The monoisotopic (exact) mass is 496 g/mol. The maximum atomic E-state index is 12.6. The number of hydrogen-bond acceptors (Lipinski definition) is 8. The molecule has 4 rings (SSSR count). The van der Waals surface area contributed by atoms with Crippen molar-refractivity contribution in [1.82, 2.24) is 25.4 Å². The summed E-state index contributed by atoms with van der Waals surface area (Å²) in [5, 5.41) is 16.8. The number of urea groups is 1. The van der Waals surface area contributed by atoms with Crippen LogP contribution in [0.25, 0.3) is 5.69 Å². The molecule has 3 aromatic rings. The van der Waals surface area contributed by atoms with E-state index in [4.69, 9.17) is 9.47 Å². The van der Waals surface area contributed by atoms with E-state index in [1.54, 1.807) is 29.9 Å². The minimum atomic E-state index is -0.540. The standard InChI is InChI=1S/C23H24N6O5S/c1-33-16-7-5-6-15(12-16)29-19(10-14-11-20(30)26-22(32)24-14)27-28-23(29)35-13-21(31)25-17-8-3-4-9-18(17)34-2/h3-9,12,14H,10-11,13H2,1-2H3,(H,25,31)(H2,24,26,30,32). The number of nitrogens with zero attached hydrogens (tertiary/aromatic N) is 3. The van der Waals surface area contributed by atoms with Crippen molar-refractivity contribution >= 4 is 35.3 Å². The first-order valence-corrected chi connectivity index (χ1v) is 11.7. The molecule has 1 aliphatic heterocycles. The molecule has 1 saturated heterocycles. The number of hydrogen-bond donors (Lipinski definition) is 3. The summed E-state index contributed by atoms with van der Waals surface area (Å²) in [4.78, 5) is 36.2. The Kier molecular flexibility index (Phi) is 7.51. The summed E-state index contributed by atoms with van der Waals surface area (Å²) in [6, 6.07) is 13.5. The number of rotatable bonds is 9. The molecule has 0 saturated carbocycles. The molecule has 1 unspecified atom stereocenters. The van der Waals surface area contributed by atoms with Gasteiger partial charge in [-0.25, -0.2) is 4.79 Å². The number of carbonyl (C=O) groups excluding carboxylic acids is 3. The molecule has 2 heterocycles. The number of amides is 4. The molecule has 2 aromatic carbocycles. The Balaban J connectivity index is 1.56. The van der Waals surface area contributed by atoms with Crippen molar-refractivity contribution in [1.29, 1.82) is 0 Å².